The molecule has 0 aliphatic carbocycles. The molecule has 0 amide bonds. The highest BCUT2D eigenvalue weighted by Gasteiger charge is 2.12. The molecule has 23 heavy (non-hydrogen) atoms. The monoisotopic (exact) mass is 343 g/mol. The predicted octanol–water partition coefficient (Wildman–Crippen LogP) is 0.887. The first-order chi connectivity index (χ1) is 10.7. The maximum atomic E-state index is 11.8. The predicted molar refractivity (Wildman–Crippen MR) is 84.5 cm³/mol. The fourth-order valence-corrected chi connectivity index (χ4v) is 2.17. The van der Waals surface area contributed by atoms with Crippen molar-refractivity contribution in [3.8, 4) is 0 Å². The number of ether oxygens (including phenoxy) is 2. The van der Waals surface area contributed by atoms with Crippen molar-refractivity contribution in [3.63, 3.8) is 0 Å². The van der Waals surface area contributed by atoms with Crippen molar-refractivity contribution in [3.05, 3.63) is 35.4 Å². The van der Waals surface area contributed by atoms with Crippen LogP contribution in [0.1, 0.15) is 29.8 Å². The number of hydrogen-bond donors (Lipinski definition) is 1. The fourth-order valence-electron chi connectivity index (χ4n) is 1.69. The molecule has 8 heteroatoms. The van der Waals surface area contributed by atoms with Gasteiger partial charge in [-0.3, -0.25) is 0 Å². The minimum atomic E-state index is -3.21. The van der Waals surface area contributed by atoms with Gasteiger partial charge in [0.2, 0.25) is 10.0 Å². The fraction of sp³-hybridized carbons (Fsp3) is 0.467. The molecule has 0 saturated carbocycles. The molecule has 1 rings (SSSR count). The SMILES string of the molecule is CC(C)OC(=O)COC(=O)c1ccc(CCNS(C)(=O)=O)cc1. The number of hydrogen-bond acceptors (Lipinski definition) is 6. The van der Waals surface area contributed by atoms with E-state index in [0.29, 0.717) is 12.0 Å². The second-order valence-electron chi connectivity index (χ2n) is 5.23. The van der Waals surface area contributed by atoms with Crippen molar-refractivity contribution in [2.24, 2.45) is 0 Å². The van der Waals surface area contributed by atoms with Crippen LogP contribution in [0.2, 0.25) is 0 Å². The first-order valence-corrected chi connectivity index (χ1v) is 8.96. The maximum absolute atomic E-state index is 11.8. The third kappa shape index (κ3) is 8.32. The largest absolute Gasteiger partial charge is 0.460 e. The molecule has 0 saturated heterocycles. The molecule has 0 unspecified atom stereocenters. The average molecular weight is 343 g/mol. The molecular weight excluding hydrogens is 322 g/mol. The molecule has 1 aromatic carbocycles. The Hall–Kier alpha value is -1.93. The van der Waals surface area contributed by atoms with E-state index in [1.54, 1.807) is 38.1 Å². The molecule has 0 fully saturated rings. The smallest absolute Gasteiger partial charge is 0.344 e. The van der Waals surface area contributed by atoms with Crippen molar-refractivity contribution < 1.29 is 27.5 Å². The molecule has 0 aliphatic heterocycles. The second-order valence-corrected chi connectivity index (χ2v) is 7.06. The van der Waals surface area contributed by atoms with Crippen LogP contribution in [0, 0.1) is 0 Å². The first kappa shape index (κ1) is 19.1. The summed E-state index contributed by atoms with van der Waals surface area (Å²) in [7, 11) is -3.21. The molecule has 1 aromatic rings. The lowest BCUT2D eigenvalue weighted by molar-refractivity contribution is -0.150. The number of rotatable bonds is 8. The lowest BCUT2D eigenvalue weighted by atomic mass is 10.1. The third-order valence-corrected chi connectivity index (χ3v) is 3.38. The number of sulfonamides is 1. The van der Waals surface area contributed by atoms with Gasteiger partial charge in [0.25, 0.3) is 0 Å². The molecule has 0 atom stereocenters. The van der Waals surface area contributed by atoms with Gasteiger partial charge in [0, 0.05) is 6.54 Å². The highest BCUT2D eigenvalue weighted by atomic mass is 32.2. The summed E-state index contributed by atoms with van der Waals surface area (Å²) < 4.78 is 34.0. The lowest BCUT2D eigenvalue weighted by Crippen LogP contribution is -2.24. The average Bonchev–Trinajstić information content (AvgIpc) is 2.43. The van der Waals surface area contributed by atoms with Gasteiger partial charge in [-0.05, 0) is 38.0 Å². The topological polar surface area (TPSA) is 98.8 Å². The summed E-state index contributed by atoms with van der Waals surface area (Å²) in [5.74, 6) is -1.22. The molecular formula is C15H21NO6S. The van der Waals surface area contributed by atoms with Crippen LogP contribution in [-0.4, -0.2) is 45.9 Å². The second kappa shape index (κ2) is 8.64. The van der Waals surface area contributed by atoms with Crippen LogP contribution in [0.15, 0.2) is 24.3 Å². The zero-order valence-electron chi connectivity index (χ0n) is 13.4. The zero-order valence-corrected chi connectivity index (χ0v) is 14.2. The summed E-state index contributed by atoms with van der Waals surface area (Å²) in [6, 6.07) is 6.53. The van der Waals surface area contributed by atoms with E-state index in [2.05, 4.69) is 4.72 Å². The van der Waals surface area contributed by atoms with Crippen LogP contribution >= 0.6 is 0 Å². The van der Waals surface area contributed by atoms with Crippen molar-refractivity contribution in [1.82, 2.24) is 4.72 Å². The molecule has 128 valence electrons. The highest BCUT2D eigenvalue weighted by Crippen LogP contribution is 2.07. The summed E-state index contributed by atoms with van der Waals surface area (Å²) in [5.41, 5.74) is 1.18. The van der Waals surface area contributed by atoms with Gasteiger partial charge >= 0.3 is 11.9 Å². The van der Waals surface area contributed by atoms with Gasteiger partial charge in [-0.2, -0.15) is 0 Å². The Labute approximate surface area is 136 Å². The molecule has 0 heterocycles. The Morgan fingerprint density at radius 3 is 2.30 bits per heavy atom. The Morgan fingerprint density at radius 2 is 1.78 bits per heavy atom. The molecule has 0 spiro atoms. The van der Waals surface area contributed by atoms with Crippen molar-refractivity contribution >= 4 is 22.0 Å². The molecule has 1 N–H and O–H groups in total. The number of benzene rings is 1. The Morgan fingerprint density at radius 1 is 1.17 bits per heavy atom. The van der Waals surface area contributed by atoms with Crippen LogP contribution in [0.4, 0.5) is 0 Å². The molecule has 0 bridgehead atoms. The van der Waals surface area contributed by atoms with Gasteiger partial charge in [0.05, 0.1) is 17.9 Å². The van der Waals surface area contributed by atoms with E-state index in [4.69, 9.17) is 9.47 Å². The Bertz CT molecular complexity index is 636. The van der Waals surface area contributed by atoms with E-state index >= 15 is 0 Å². The minimum Gasteiger partial charge on any atom is -0.460 e. The summed E-state index contributed by atoms with van der Waals surface area (Å²) in [6.45, 7) is 3.26. The van der Waals surface area contributed by atoms with Crippen LogP contribution in [0.3, 0.4) is 0 Å². The van der Waals surface area contributed by atoms with E-state index in [9.17, 15) is 18.0 Å². The Balaban J connectivity index is 2.46. The van der Waals surface area contributed by atoms with Crippen molar-refractivity contribution in [2.75, 3.05) is 19.4 Å². The number of carbonyl (C=O) groups excluding carboxylic acids is 2. The first-order valence-electron chi connectivity index (χ1n) is 7.07. The van der Waals surface area contributed by atoms with E-state index in [-0.39, 0.29) is 12.6 Å². The van der Waals surface area contributed by atoms with Crippen molar-refractivity contribution in [1.29, 1.82) is 0 Å². The van der Waals surface area contributed by atoms with E-state index in [0.717, 1.165) is 11.8 Å². The quantitative estimate of drug-likeness (QED) is 0.704. The summed E-state index contributed by atoms with van der Waals surface area (Å²) >= 11 is 0. The normalized spacial score (nSPS) is 11.3. The third-order valence-electron chi connectivity index (χ3n) is 2.66. The van der Waals surface area contributed by atoms with Crippen LogP contribution in [0.5, 0.6) is 0 Å². The summed E-state index contributed by atoms with van der Waals surface area (Å²) in [5, 5.41) is 0. The minimum absolute atomic E-state index is 0.263. The van der Waals surface area contributed by atoms with Gasteiger partial charge < -0.3 is 9.47 Å². The Kier molecular flexibility index (Phi) is 7.18. The number of esters is 2. The van der Waals surface area contributed by atoms with Gasteiger partial charge in [0.15, 0.2) is 6.61 Å². The van der Waals surface area contributed by atoms with Crippen LogP contribution < -0.4 is 4.72 Å². The van der Waals surface area contributed by atoms with Crippen LogP contribution in [-0.2, 0) is 30.7 Å². The maximum Gasteiger partial charge on any atom is 0.344 e. The molecule has 0 aromatic heterocycles. The summed E-state index contributed by atoms with van der Waals surface area (Å²) in [6.07, 6.45) is 1.33. The molecule has 0 aliphatic rings. The number of carbonyl (C=O) groups is 2. The molecule has 0 radical (unpaired) electrons. The van der Waals surface area contributed by atoms with Crippen LogP contribution in [0.25, 0.3) is 0 Å². The number of nitrogens with one attached hydrogen (secondary N) is 1. The highest BCUT2D eigenvalue weighted by molar-refractivity contribution is 7.88. The molecule has 7 nitrogen and oxygen atoms in total. The standard InChI is InChI=1S/C15H21NO6S/c1-11(2)22-14(17)10-21-15(18)13-6-4-12(5-7-13)8-9-16-23(3,19)20/h4-7,11,16H,8-10H2,1-3H3. The van der Waals surface area contributed by atoms with E-state index in [1.165, 1.54) is 0 Å². The zero-order chi connectivity index (χ0) is 17.5. The van der Waals surface area contributed by atoms with Gasteiger partial charge in [0.1, 0.15) is 0 Å². The van der Waals surface area contributed by atoms with Gasteiger partial charge in [-0.15, -0.1) is 0 Å². The van der Waals surface area contributed by atoms with Gasteiger partial charge in [-0.25, -0.2) is 22.7 Å². The van der Waals surface area contributed by atoms with E-state index in [1.807, 2.05) is 0 Å². The van der Waals surface area contributed by atoms with Gasteiger partial charge in [-0.1, -0.05) is 12.1 Å². The lowest BCUT2D eigenvalue weighted by Gasteiger charge is -2.08. The van der Waals surface area contributed by atoms with Crippen molar-refractivity contribution in [2.45, 2.75) is 26.4 Å². The van der Waals surface area contributed by atoms with E-state index < -0.39 is 28.6 Å². The summed E-state index contributed by atoms with van der Waals surface area (Å²) in [4.78, 5) is 23.1.